The molecule has 0 aliphatic heterocycles. The maximum Gasteiger partial charge on any atom is 0.261 e. The molecular weight excluding hydrogens is 381 g/mol. The molecule has 5 nitrogen and oxygen atoms in total. The lowest BCUT2D eigenvalue weighted by Gasteiger charge is -2.12. The topological polar surface area (TPSA) is 64.0 Å². The molecule has 4 rings (SSSR count). The normalized spacial score (nSPS) is 11.1. The standard InChI is InChI=1S/C21H15ClFN3O2/c1-11-8-18(14-9-12(22)6-7-17(14)24-11)25-21(28)15-10-26(2)19-13(20(15)27)4-3-5-16(19)23/h3-10H,1-2H3,(H,24,25,28). The van der Waals surface area contributed by atoms with Gasteiger partial charge in [0.1, 0.15) is 11.4 Å². The molecule has 0 saturated heterocycles. The summed E-state index contributed by atoms with van der Waals surface area (Å²) in [5.41, 5.74) is 1.42. The summed E-state index contributed by atoms with van der Waals surface area (Å²) in [6, 6.07) is 11.1. The minimum atomic E-state index is -0.585. The Bertz CT molecular complexity index is 1330. The van der Waals surface area contributed by atoms with Crippen LogP contribution in [0, 0.1) is 12.7 Å². The lowest BCUT2D eigenvalue weighted by Crippen LogP contribution is -2.24. The fraction of sp³-hybridized carbons (Fsp3) is 0.0952. The van der Waals surface area contributed by atoms with Crippen molar-refractivity contribution in [2.75, 3.05) is 5.32 Å². The predicted molar refractivity (Wildman–Crippen MR) is 109 cm³/mol. The fourth-order valence-corrected chi connectivity index (χ4v) is 3.48. The maximum atomic E-state index is 14.1. The number of aromatic nitrogens is 2. The second kappa shape index (κ2) is 6.73. The smallest absolute Gasteiger partial charge is 0.261 e. The van der Waals surface area contributed by atoms with Gasteiger partial charge in [-0.1, -0.05) is 17.7 Å². The van der Waals surface area contributed by atoms with Crippen molar-refractivity contribution in [3.63, 3.8) is 0 Å². The fourth-order valence-electron chi connectivity index (χ4n) is 3.30. The zero-order valence-electron chi connectivity index (χ0n) is 15.1. The van der Waals surface area contributed by atoms with E-state index in [0.29, 0.717) is 27.3 Å². The Morgan fingerprint density at radius 2 is 1.96 bits per heavy atom. The Labute approximate surface area is 164 Å². The van der Waals surface area contributed by atoms with Crippen LogP contribution in [-0.2, 0) is 7.05 Å². The van der Waals surface area contributed by atoms with Gasteiger partial charge in [0.2, 0.25) is 5.43 Å². The SMILES string of the molecule is Cc1cc(NC(=O)c2cn(C)c3c(F)cccc3c2=O)c2cc(Cl)ccc2n1. The van der Waals surface area contributed by atoms with Crippen LogP contribution in [0.4, 0.5) is 10.1 Å². The molecule has 28 heavy (non-hydrogen) atoms. The van der Waals surface area contributed by atoms with Gasteiger partial charge in [-0.2, -0.15) is 0 Å². The van der Waals surface area contributed by atoms with Crippen LogP contribution in [0.1, 0.15) is 16.1 Å². The van der Waals surface area contributed by atoms with E-state index in [2.05, 4.69) is 10.3 Å². The summed E-state index contributed by atoms with van der Waals surface area (Å²) >= 11 is 6.08. The lowest BCUT2D eigenvalue weighted by molar-refractivity contribution is 0.102. The van der Waals surface area contributed by atoms with Gasteiger partial charge in [0.15, 0.2) is 0 Å². The number of pyridine rings is 2. The molecule has 0 saturated carbocycles. The number of aryl methyl sites for hydroxylation is 2. The summed E-state index contributed by atoms with van der Waals surface area (Å²) in [6.45, 7) is 1.81. The van der Waals surface area contributed by atoms with Gasteiger partial charge in [-0.15, -0.1) is 0 Å². The quantitative estimate of drug-likeness (QED) is 0.545. The number of para-hydroxylation sites is 1. The number of nitrogens with one attached hydrogen (secondary N) is 1. The number of amides is 1. The van der Waals surface area contributed by atoms with Gasteiger partial charge < -0.3 is 9.88 Å². The number of rotatable bonds is 2. The molecule has 0 radical (unpaired) electrons. The molecule has 2 aromatic heterocycles. The molecule has 0 aliphatic carbocycles. The van der Waals surface area contributed by atoms with E-state index in [0.717, 1.165) is 0 Å². The Morgan fingerprint density at radius 1 is 1.18 bits per heavy atom. The van der Waals surface area contributed by atoms with Crippen molar-refractivity contribution in [1.82, 2.24) is 9.55 Å². The third-order valence-electron chi connectivity index (χ3n) is 4.54. The average Bonchev–Trinajstić information content (AvgIpc) is 2.65. The number of carbonyl (C=O) groups excluding carboxylic acids is 1. The van der Waals surface area contributed by atoms with Crippen molar-refractivity contribution in [1.29, 1.82) is 0 Å². The van der Waals surface area contributed by atoms with Crippen molar-refractivity contribution < 1.29 is 9.18 Å². The third-order valence-corrected chi connectivity index (χ3v) is 4.78. The van der Waals surface area contributed by atoms with Crippen LogP contribution in [0.3, 0.4) is 0 Å². The molecule has 140 valence electrons. The average molecular weight is 396 g/mol. The van der Waals surface area contributed by atoms with Gasteiger partial charge in [-0.25, -0.2) is 4.39 Å². The van der Waals surface area contributed by atoms with E-state index in [1.54, 1.807) is 31.3 Å². The molecular formula is C21H15ClFN3O2. The first-order valence-electron chi connectivity index (χ1n) is 8.51. The first kappa shape index (κ1) is 18.1. The minimum absolute atomic E-state index is 0.0785. The van der Waals surface area contributed by atoms with Crippen LogP contribution in [-0.4, -0.2) is 15.5 Å². The molecule has 7 heteroatoms. The van der Waals surface area contributed by atoms with Crippen molar-refractivity contribution in [2.24, 2.45) is 7.05 Å². The Balaban J connectivity index is 1.84. The number of hydrogen-bond acceptors (Lipinski definition) is 3. The van der Waals surface area contributed by atoms with Crippen molar-refractivity contribution >= 4 is 45.0 Å². The molecule has 2 aromatic carbocycles. The third kappa shape index (κ3) is 3.01. The van der Waals surface area contributed by atoms with Gasteiger partial charge in [-0.3, -0.25) is 14.6 Å². The van der Waals surface area contributed by atoms with Crippen LogP contribution in [0.25, 0.3) is 21.8 Å². The maximum absolute atomic E-state index is 14.1. The number of nitrogens with zero attached hydrogens (tertiary/aromatic N) is 2. The number of anilines is 1. The van der Waals surface area contributed by atoms with E-state index < -0.39 is 17.2 Å². The van der Waals surface area contributed by atoms with Crippen LogP contribution >= 0.6 is 11.6 Å². The van der Waals surface area contributed by atoms with Crippen LogP contribution < -0.4 is 10.7 Å². The van der Waals surface area contributed by atoms with Gasteiger partial charge in [0.05, 0.1) is 16.7 Å². The molecule has 0 bridgehead atoms. The predicted octanol–water partition coefficient (Wildman–Crippen LogP) is 4.44. The Kier molecular flexibility index (Phi) is 4.35. The summed E-state index contributed by atoms with van der Waals surface area (Å²) in [7, 11) is 1.59. The number of halogens is 2. The van der Waals surface area contributed by atoms with Crippen molar-refractivity contribution in [3.8, 4) is 0 Å². The number of benzene rings is 2. The summed E-state index contributed by atoms with van der Waals surface area (Å²) in [5.74, 6) is -1.10. The van der Waals surface area contributed by atoms with E-state index in [9.17, 15) is 14.0 Å². The van der Waals surface area contributed by atoms with E-state index in [4.69, 9.17) is 11.6 Å². The van der Waals surface area contributed by atoms with Gasteiger partial charge in [0.25, 0.3) is 5.91 Å². The Morgan fingerprint density at radius 3 is 2.75 bits per heavy atom. The second-order valence-corrected chi connectivity index (χ2v) is 6.98. The first-order valence-corrected chi connectivity index (χ1v) is 8.89. The molecule has 4 aromatic rings. The molecule has 0 atom stereocenters. The van der Waals surface area contributed by atoms with Crippen LogP contribution in [0.15, 0.2) is 53.5 Å². The van der Waals surface area contributed by atoms with E-state index in [1.807, 2.05) is 6.92 Å². The summed E-state index contributed by atoms with van der Waals surface area (Å²) < 4.78 is 15.5. The zero-order valence-corrected chi connectivity index (χ0v) is 15.8. The van der Waals surface area contributed by atoms with Crippen molar-refractivity contribution in [3.05, 3.63) is 81.0 Å². The highest BCUT2D eigenvalue weighted by molar-refractivity contribution is 6.31. The monoisotopic (exact) mass is 395 g/mol. The van der Waals surface area contributed by atoms with Crippen LogP contribution in [0.5, 0.6) is 0 Å². The van der Waals surface area contributed by atoms with Gasteiger partial charge in [0, 0.05) is 34.7 Å². The highest BCUT2D eigenvalue weighted by Gasteiger charge is 2.17. The summed E-state index contributed by atoms with van der Waals surface area (Å²) in [5, 5.41) is 4.09. The second-order valence-electron chi connectivity index (χ2n) is 6.55. The summed E-state index contributed by atoms with van der Waals surface area (Å²) in [4.78, 5) is 30.1. The number of carbonyl (C=O) groups is 1. The minimum Gasteiger partial charge on any atom is -0.347 e. The van der Waals surface area contributed by atoms with Crippen molar-refractivity contribution in [2.45, 2.75) is 6.92 Å². The van der Waals surface area contributed by atoms with E-state index in [1.165, 1.54) is 29.0 Å². The molecule has 0 unspecified atom stereocenters. The van der Waals surface area contributed by atoms with Crippen LogP contribution in [0.2, 0.25) is 5.02 Å². The molecule has 0 fully saturated rings. The highest BCUT2D eigenvalue weighted by Crippen LogP contribution is 2.26. The lowest BCUT2D eigenvalue weighted by atomic mass is 10.1. The largest absolute Gasteiger partial charge is 0.347 e. The molecule has 0 aliphatic rings. The van der Waals surface area contributed by atoms with Gasteiger partial charge >= 0.3 is 0 Å². The van der Waals surface area contributed by atoms with E-state index in [-0.39, 0.29) is 16.5 Å². The Hall–Kier alpha value is -3.25. The number of hydrogen-bond donors (Lipinski definition) is 1. The molecule has 1 amide bonds. The molecule has 1 N–H and O–H groups in total. The summed E-state index contributed by atoms with van der Waals surface area (Å²) in [6.07, 6.45) is 1.34. The zero-order chi connectivity index (χ0) is 20.0. The van der Waals surface area contributed by atoms with E-state index >= 15 is 0 Å². The number of fused-ring (bicyclic) bond motifs is 2. The van der Waals surface area contributed by atoms with Gasteiger partial charge in [-0.05, 0) is 43.3 Å². The first-order chi connectivity index (χ1) is 13.3. The highest BCUT2D eigenvalue weighted by atomic mass is 35.5. The molecule has 0 spiro atoms. The molecule has 2 heterocycles.